The Balaban J connectivity index is 2.20. The minimum atomic E-state index is -0.415. The molecule has 1 aromatic heterocycles. The van der Waals surface area contributed by atoms with Crippen molar-refractivity contribution in [2.24, 2.45) is 0 Å². The molecule has 5 nitrogen and oxygen atoms in total. The zero-order valence-corrected chi connectivity index (χ0v) is 11.0. The molecule has 2 aromatic rings. The molecular formula is C14H16N2O3. The van der Waals surface area contributed by atoms with Gasteiger partial charge in [0.1, 0.15) is 11.5 Å². The molecule has 2 rings (SSSR count). The Labute approximate surface area is 111 Å². The molecule has 0 bridgehead atoms. The van der Waals surface area contributed by atoms with Gasteiger partial charge in [0.05, 0.1) is 4.92 Å². The van der Waals surface area contributed by atoms with Crippen LogP contribution in [0, 0.1) is 10.1 Å². The Morgan fingerprint density at radius 2 is 2.05 bits per heavy atom. The average Bonchev–Trinajstić information content (AvgIpc) is 2.89. The van der Waals surface area contributed by atoms with Crippen LogP contribution < -0.4 is 0 Å². The van der Waals surface area contributed by atoms with Gasteiger partial charge in [-0.2, -0.15) is 0 Å². The fourth-order valence-corrected chi connectivity index (χ4v) is 1.99. The highest BCUT2D eigenvalue weighted by atomic mass is 16.6. The fourth-order valence-electron chi connectivity index (χ4n) is 1.99. The summed E-state index contributed by atoms with van der Waals surface area (Å²) in [5.41, 5.74) is 1.61. The van der Waals surface area contributed by atoms with Gasteiger partial charge in [-0.25, -0.2) is 0 Å². The van der Waals surface area contributed by atoms with E-state index in [1.165, 1.54) is 12.1 Å². The summed E-state index contributed by atoms with van der Waals surface area (Å²) in [5.74, 6) is 1.19. The topological polar surface area (TPSA) is 69.2 Å². The quantitative estimate of drug-likeness (QED) is 0.598. The van der Waals surface area contributed by atoms with E-state index in [0.717, 1.165) is 24.2 Å². The van der Waals surface area contributed by atoms with Crippen LogP contribution in [0.2, 0.25) is 0 Å². The van der Waals surface area contributed by atoms with Crippen molar-refractivity contribution in [3.8, 4) is 11.3 Å². The third-order valence-corrected chi connectivity index (χ3v) is 3.11. The number of non-ortho nitro benzene ring substituents is 1. The number of nitrogens with zero attached hydrogens (tertiary/aromatic N) is 2. The van der Waals surface area contributed by atoms with Crippen molar-refractivity contribution < 1.29 is 9.45 Å². The van der Waals surface area contributed by atoms with Gasteiger partial charge in [-0.15, -0.1) is 0 Å². The molecule has 100 valence electrons. The van der Waals surface area contributed by atoms with Gasteiger partial charge in [0.25, 0.3) is 5.69 Å². The highest BCUT2D eigenvalue weighted by Gasteiger charge is 2.13. The van der Waals surface area contributed by atoms with Gasteiger partial charge in [0.15, 0.2) is 0 Å². The summed E-state index contributed by atoms with van der Waals surface area (Å²) < 4.78 is 5.33. The molecule has 0 aliphatic rings. The average molecular weight is 260 g/mol. The first-order chi connectivity index (χ1) is 9.11. The van der Waals surface area contributed by atoms with Gasteiger partial charge in [-0.1, -0.05) is 25.4 Å². The Kier molecular flexibility index (Phi) is 3.94. The first-order valence-corrected chi connectivity index (χ1v) is 6.33. The van der Waals surface area contributed by atoms with Crippen LogP contribution >= 0.6 is 0 Å². The van der Waals surface area contributed by atoms with Gasteiger partial charge in [0, 0.05) is 29.7 Å². The van der Waals surface area contributed by atoms with Gasteiger partial charge >= 0.3 is 0 Å². The smallest absolute Gasteiger partial charge is 0.269 e. The van der Waals surface area contributed by atoms with Crippen molar-refractivity contribution in [1.82, 2.24) is 5.16 Å². The van der Waals surface area contributed by atoms with Crippen molar-refractivity contribution in [3.63, 3.8) is 0 Å². The van der Waals surface area contributed by atoms with E-state index >= 15 is 0 Å². The van der Waals surface area contributed by atoms with Crippen LogP contribution in [0.3, 0.4) is 0 Å². The zero-order chi connectivity index (χ0) is 13.8. The lowest BCUT2D eigenvalue weighted by Crippen LogP contribution is -1.89. The number of rotatable bonds is 5. The Bertz CT molecular complexity index is 560. The van der Waals surface area contributed by atoms with Crippen LogP contribution in [0.5, 0.6) is 0 Å². The van der Waals surface area contributed by atoms with Gasteiger partial charge < -0.3 is 4.52 Å². The summed E-state index contributed by atoms with van der Waals surface area (Å²) in [7, 11) is 0. The van der Waals surface area contributed by atoms with Crippen LogP contribution in [-0.2, 0) is 0 Å². The molecule has 0 aliphatic heterocycles. The molecule has 0 radical (unpaired) electrons. The van der Waals surface area contributed by atoms with E-state index in [2.05, 4.69) is 19.0 Å². The number of aromatic nitrogens is 1. The monoisotopic (exact) mass is 260 g/mol. The molecule has 0 saturated heterocycles. The van der Waals surface area contributed by atoms with E-state index in [-0.39, 0.29) is 5.69 Å². The van der Waals surface area contributed by atoms with Crippen LogP contribution in [0.1, 0.15) is 38.4 Å². The van der Waals surface area contributed by atoms with E-state index in [9.17, 15) is 10.1 Å². The molecule has 0 amide bonds. The lowest BCUT2D eigenvalue weighted by molar-refractivity contribution is -0.384. The van der Waals surface area contributed by atoms with Crippen molar-refractivity contribution in [3.05, 3.63) is 46.2 Å². The second-order valence-electron chi connectivity index (χ2n) is 4.61. The first-order valence-electron chi connectivity index (χ1n) is 6.33. The predicted octanol–water partition coefficient (Wildman–Crippen LogP) is 4.15. The van der Waals surface area contributed by atoms with Gasteiger partial charge in [-0.05, 0) is 18.6 Å². The summed E-state index contributed by atoms with van der Waals surface area (Å²) in [6.07, 6.45) is 2.14. The molecular weight excluding hydrogens is 244 g/mol. The van der Waals surface area contributed by atoms with E-state index in [1.807, 2.05) is 6.07 Å². The van der Waals surface area contributed by atoms with E-state index in [0.29, 0.717) is 11.6 Å². The molecule has 1 unspecified atom stereocenters. The van der Waals surface area contributed by atoms with Crippen molar-refractivity contribution in [1.29, 1.82) is 0 Å². The molecule has 19 heavy (non-hydrogen) atoms. The third kappa shape index (κ3) is 2.99. The maximum Gasteiger partial charge on any atom is 0.269 e. The van der Waals surface area contributed by atoms with Crippen molar-refractivity contribution in [2.75, 3.05) is 0 Å². The highest BCUT2D eigenvalue weighted by Crippen LogP contribution is 2.27. The molecule has 0 saturated carbocycles. The molecule has 1 aromatic carbocycles. The molecule has 0 spiro atoms. The van der Waals surface area contributed by atoms with Gasteiger partial charge in [0.2, 0.25) is 0 Å². The minimum absolute atomic E-state index is 0.0758. The number of nitro benzene ring substituents is 1. The maximum absolute atomic E-state index is 10.6. The predicted molar refractivity (Wildman–Crippen MR) is 71.9 cm³/mol. The number of benzene rings is 1. The lowest BCUT2D eigenvalue weighted by atomic mass is 10.0. The van der Waals surface area contributed by atoms with Crippen molar-refractivity contribution in [2.45, 2.75) is 32.6 Å². The van der Waals surface area contributed by atoms with Crippen LogP contribution in [-0.4, -0.2) is 10.1 Å². The second-order valence-corrected chi connectivity index (χ2v) is 4.61. The maximum atomic E-state index is 10.6. The molecule has 0 N–H and O–H groups in total. The van der Waals surface area contributed by atoms with Crippen molar-refractivity contribution >= 4 is 5.69 Å². The second kappa shape index (κ2) is 5.65. The summed E-state index contributed by atoms with van der Waals surface area (Å²) in [4.78, 5) is 10.2. The van der Waals surface area contributed by atoms with E-state index in [4.69, 9.17) is 4.52 Å². The Morgan fingerprint density at radius 1 is 1.37 bits per heavy atom. The van der Waals surface area contributed by atoms with Crippen LogP contribution in [0.15, 0.2) is 34.9 Å². The molecule has 0 fully saturated rings. The van der Waals surface area contributed by atoms with Crippen LogP contribution in [0.25, 0.3) is 11.3 Å². The van der Waals surface area contributed by atoms with E-state index in [1.54, 1.807) is 12.1 Å². The SMILES string of the molecule is CCCC(C)c1cc(-c2ccc([N+](=O)[O-])cc2)no1. The third-order valence-electron chi connectivity index (χ3n) is 3.11. The van der Waals surface area contributed by atoms with Gasteiger partial charge in [-0.3, -0.25) is 10.1 Å². The van der Waals surface area contributed by atoms with E-state index < -0.39 is 4.92 Å². The molecule has 1 atom stereocenters. The Hall–Kier alpha value is -2.17. The zero-order valence-electron chi connectivity index (χ0n) is 11.0. The summed E-state index contributed by atoms with van der Waals surface area (Å²) in [5, 5.41) is 14.6. The largest absolute Gasteiger partial charge is 0.361 e. The number of hydrogen-bond acceptors (Lipinski definition) is 4. The fraction of sp³-hybridized carbons (Fsp3) is 0.357. The normalized spacial score (nSPS) is 12.3. The molecule has 1 heterocycles. The molecule has 5 heteroatoms. The molecule has 0 aliphatic carbocycles. The summed E-state index contributed by atoms with van der Waals surface area (Å²) in [6, 6.07) is 8.22. The summed E-state index contributed by atoms with van der Waals surface area (Å²) in [6.45, 7) is 4.23. The highest BCUT2D eigenvalue weighted by molar-refractivity contribution is 5.60. The number of hydrogen-bond donors (Lipinski definition) is 0. The summed E-state index contributed by atoms with van der Waals surface area (Å²) >= 11 is 0. The van der Waals surface area contributed by atoms with Crippen LogP contribution in [0.4, 0.5) is 5.69 Å². The standard InChI is InChI=1S/C14H16N2O3/c1-3-4-10(2)14-9-13(15-19-14)11-5-7-12(8-6-11)16(17)18/h5-10H,3-4H2,1-2H3. The minimum Gasteiger partial charge on any atom is -0.361 e. The Morgan fingerprint density at radius 3 is 2.63 bits per heavy atom. The number of nitro groups is 1. The first kappa shape index (κ1) is 13.3. The lowest BCUT2D eigenvalue weighted by Gasteiger charge is -2.03.